The fraction of sp³-hybridized carbons (Fsp3) is 0.400. The molecular weight excluding hydrogens is 298 g/mol. The summed E-state index contributed by atoms with van der Waals surface area (Å²) in [6, 6.07) is 3.52. The van der Waals surface area contributed by atoms with Crippen molar-refractivity contribution in [2.24, 2.45) is 0 Å². The first-order valence-corrected chi connectivity index (χ1v) is 7.37. The van der Waals surface area contributed by atoms with Crippen LogP contribution in [0.1, 0.15) is 21.7 Å². The summed E-state index contributed by atoms with van der Waals surface area (Å²) in [4.78, 5) is 27.2. The fourth-order valence-corrected chi connectivity index (χ4v) is 2.52. The molecule has 8 heteroatoms. The minimum Gasteiger partial charge on any atom is -0.472 e. The Balaban J connectivity index is 1.62. The second-order valence-electron chi connectivity index (χ2n) is 5.64. The highest BCUT2D eigenvalue weighted by Crippen LogP contribution is 2.15. The topological polar surface area (TPSA) is 83.6 Å². The molecule has 2 aromatic heterocycles. The molecule has 1 N–H and O–H groups in total. The molecule has 0 radical (unpaired) electrons. The van der Waals surface area contributed by atoms with Gasteiger partial charge in [0.2, 0.25) is 0 Å². The fourth-order valence-electron chi connectivity index (χ4n) is 2.52. The first-order valence-electron chi connectivity index (χ1n) is 7.37. The van der Waals surface area contributed by atoms with Crippen molar-refractivity contribution in [3.05, 3.63) is 41.6 Å². The zero-order chi connectivity index (χ0) is 16.4. The van der Waals surface area contributed by atoms with Crippen LogP contribution in [0.25, 0.3) is 0 Å². The predicted octanol–water partition coefficient (Wildman–Crippen LogP) is 0.903. The molecule has 3 heterocycles. The van der Waals surface area contributed by atoms with Crippen LogP contribution in [-0.4, -0.2) is 52.2 Å². The van der Waals surface area contributed by atoms with Crippen LogP contribution in [0.3, 0.4) is 0 Å². The Kier molecular flexibility index (Phi) is 4.05. The maximum absolute atomic E-state index is 12.0. The van der Waals surface area contributed by atoms with Crippen LogP contribution in [0.5, 0.6) is 0 Å². The molecule has 0 aliphatic carbocycles. The summed E-state index contributed by atoms with van der Waals surface area (Å²) in [6.07, 6.45) is 2.86. The molecule has 0 aromatic carbocycles. The van der Waals surface area contributed by atoms with Crippen LogP contribution in [0.2, 0.25) is 0 Å². The van der Waals surface area contributed by atoms with Gasteiger partial charge in [0.15, 0.2) is 0 Å². The number of rotatable bonds is 3. The Morgan fingerprint density at radius 1 is 1.39 bits per heavy atom. The zero-order valence-electron chi connectivity index (χ0n) is 13.2. The van der Waals surface area contributed by atoms with Gasteiger partial charge in [-0.25, -0.2) is 4.79 Å². The van der Waals surface area contributed by atoms with Gasteiger partial charge in [-0.1, -0.05) is 0 Å². The lowest BCUT2D eigenvalue weighted by atomic mass is 10.2. The highest BCUT2D eigenvalue weighted by molar-refractivity contribution is 5.93. The Morgan fingerprint density at radius 3 is 2.91 bits per heavy atom. The van der Waals surface area contributed by atoms with Gasteiger partial charge < -0.3 is 19.5 Å². The molecule has 1 aliphatic rings. The number of furan rings is 1. The summed E-state index contributed by atoms with van der Waals surface area (Å²) in [6.45, 7) is 2.16. The van der Waals surface area contributed by atoms with Crippen molar-refractivity contribution in [2.45, 2.75) is 19.6 Å². The first-order chi connectivity index (χ1) is 11.0. The van der Waals surface area contributed by atoms with E-state index >= 15 is 0 Å². The standard InChI is InChI=1S/C15H19N5O3/c1-18(2)15(22)19-4-5-20-13(9-19)7-12(17-20)8-16-14(21)11-3-6-23-10-11/h3,6-7,10H,4-5,8-9H2,1-2H3,(H,16,21). The van der Waals surface area contributed by atoms with Crippen LogP contribution in [0.4, 0.5) is 4.79 Å². The minimum atomic E-state index is -0.200. The summed E-state index contributed by atoms with van der Waals surface area (Å²) in [5.41, 5.74) is 2.23. The van der Waals surface area contributed by atoms with E-state index in [4.69, 9.17) is 4.42 Å². The summed E-state index contributed by atoms with van der Waals surface area (Å²) in [5.74, 6) is -0.200. The van der Waals surface area contributed by atoms with Crippen molar-refractivity contribution in [2.75, 3.05) is 20.6 Å². The second-order valence-corrected chi connectivity index (χ2v) is 5.64. The van der Waals surface area contributed by atoms with Crippen LogP contribution in [0.15, 0.2) is 29.1 Å². The van der Waals surface area contributed by atoms with Gasteiger partial charge in [-0.05, 0) is 12.1 Å². The molecular formula is C15H19N5O3. The second kappa shape index (κ2) is 6.15. The third kappa shape index (κ3) is 3.20. The lowest BCUT2D eigenvalue weighted by molar-refractivity contribution is 0.0949. The minimum absolute atomic E-state index is 0.00717. The lowest BCUT2D eigenvalue weighted by Crippen LogP contribution is -2.43. The Labute approximate surface area is 133 Å². The van der Waals surface area contributed by atoms with Gasteiger partial charge in [-0.2, -0.15) is 5.10 Å². The number of nitrogens with zero attached hydrogens (tertiary/aromatic N) is 4. The number of carbonyl (C=O) groups is 2. The average Bonchev–Trinajstić information content (AvgIpc) is 3.19. The van der Waals surface area contributed by atoms with E-state index in [1.54, 1.807) is 30.0 Å². The van der Waals surface area contributed by atoms with E-state index in [1.807, 2.05) is 10.7 Å². The molecule has 2 aromatic rings. The van der Waals surface area contributed by atoms with Crippen molar-refractivity contribution in [1.82, 2.24) is 24.9 Å². The number of hydrogen-bond donors (Lipinski definition) is 1. The van der Waals surface area contributed by atoms with Crippen molar-refractivity contribution < 1.29 is 14.0 Å². The average molecular weight is 317 g/mol. The Morgan fingerprint density at radius 2 is 2.22 bits per heavy atom. The highest BCUT2D eigenvalue weighted by Gasteiger charge is 2.23. The number of urea groups is 1. The van der Waals surface area contributed by atoms with Gasteiger partial charge in [0.05, 0.1) is 42.8 Å². The van der Waals surface area contributed by atoms with Gasteiger partial charge >= 0.3 is 6.03 Å². The van der Waals surface area contributed by atoms with Gasteiger partial charge in [-0.3, -0.25) is 9.48 Å². The Hall–Kier alpha value is -2.77. The van der Waals surface area contributed by atoms with E-state index in [2.05, 4.69) is 10.4 Å². The van der Waals surface area contributed by atoms with Crippen LogP contribution in [-0.2, 0) is 19.6 Å². The van der Waals surface area contributed by atoms with Crippen molar-refractivity contribution >= 4 is 11.9 Å². The zero-order valence-corrected chi connectivity index (χ0v) is 13.2. The van der Waals surface area contributed by atoms with Crippen molar-refractivity contribution in [3.63, 3.8) is 0 Å². The van der Waals surface area contributed by atoms with Crippen molar-refractivity contribution in [3.8, 4) is 0 Å². The maximum atomic E-state index is 12.0. The number of amides is 3. The van der Waals surface area contributed by atoms with Crippen LogP contribution >= 0.6 is 0 Å². The quantitative estimate of drug-likeness (QED) is 0.912. The third-order valence-corrected chi connectivity index (χ3v) is 3.72. The summed E-state index contributed by atoms with van der Waals surface area (Å²) in [5, 5.41) is 7.27. The number of aromatic nitrogens is 2. The van der Waals surface area contributed by atoms with Gasteiger partial charge in [0.1, 0.15) is 6.26 Å². The molecule has 0 bridgehead atoms. The Bertz CT molecular complexity index is 705. The molecule has 1 aliphatic heterocycles. The summed E-state index contributed by atoms with van der Waals surface area (Å²) >= 11 is 0. The van der Waals surface area contributed by atoms with Crippen LogP contribution in [0, 0.1) is 0 Å². The van der Waals surface area contributed by atoms with E-state index in [0.717, 1.165) is 11.4 Å². The van der Waals surface area contributed by atoms with E-state index < -0.39 is 0 Å². The molecule has 0 atom stereocenters. The molecule has 3 amide bonds. The summed E-state index contributed by atoms with van der Waals surface area (Å²) < 4.78 is 6.77. The van der Waals surface area contributed by atoms with Crippen molar-refractivity contribution in [1.29, 1.82) is 0 Å². The third-order valence-electron chi connectivity index (χ3n) is 3.72. The highest BCUT2D eigenvalue weighted by atomic mass is 16.3. The monoisotopic (exact) mass is 317 g/mol. The predicted molar refractivity (Wildman–Crippen MR) is 81.6 cm³/mol. The lowest BCUT2D eigenvalue weighted by Gasteiger charge is -2.29. The van der Waals surface area contributed by atoms with Gasteiger partial charge in [0, 0.05) is 20.6 Å². The van der Waals surface area contributed by atoms with E-state index in [0.29, 0.717) is 31.7 Å². The SMILES string of the molecule is CN(C)C(=O)N1CCn2nc(CNC(=O)c3ccoc3)cc2C1. The van der Waals surface area contributed by atoms with Crippen LogP contribution < -0.4 is 5.32 Å². The largest absolute Gasteiger partial charge is 0.472 e. The summed E-state index contributed by atoms with van der Waals surface area (Å²) in [7, 11) is 3.48. The molecule has 0 saturated carbocycles. The van der Waals surface area contributed by atoms with E-state index in [9.17, 15) is 9.59 Å². The normalized spacial score (nSPS) is 13.6. The van der Waals surface area contributed by atoms with Gasteiger partial charge in [-0.15, -0.1) is 0 Å². The number of hydrogen-bond acceptors (Lipinski definition) is 4. The van der Waals surface area contributed by atoms with E-state index in [-0.39, 0.29) is 11.9 Å². The molecule has 3 rings (SSSR count). The smallest absolute Gasteiger partial charge is 0.319 e. The molecule has 0 unspecified atom stereocenters. The molecule has 0 saturated heterocycles. The van der Waals surface area contributed by atoms with Gasteiger partial charge in [0.25, 0.3) is 5.91 Å². The molecule has 122 valence electrons. The maximum Gasteiger partial charge on any atom is 0.319 e. The number of fused-ring (bicyclic) bond motifs is 1. The first kappa shape index (κ1) is 15.1. The molecule has 8 nitrogen and oxygen atoms in total. The van der Waals surface area contributed by atoms with E-state index in [1.165, 1.54) is 12.5 Å². The number of carbonyl (C=O) groups excluding carboxylic acids is 2. The molecule has 23 heavy (non-hydrogen) atoms. The molecule has 0 spiro atoms. The molecule has 0 fully saturated rings. The number of nitrogens with one attached hydrogen (secondary N) is 1.